The van der Waals surface area contributed by atoms with E-state index in [1.165, 1.54) is 19.8 Å². The molecule has 0 aromatic heterocycles. The van der Waals surface area contributed by atoms with Gasteiger partial charge in [0, 0.05) is 57.3 Å². The van der Waals surface area contributed by atoms with E-state index in [0.717, 1.165) is 55.7 Å². The largest absolute Gasteiger partial charge is 0.371 e. The van der Waals surface area contributed by atoms with Crippen molar-refractivity contribution in [2.45, 2.75) is 83.7 Å². The first-order valence-electron chi connectivity index (χ1n) is 15.7. The highest BCUT2D eigenvalue weighted by molar-refractivity contribution is 7.95. The van der Waals surface area contributed by atoms with E-state index in [1.54, 1.807) is 6.07 Å². The van der Waals surface area contributed by atoms with Gasteiger partial charge in [0.25, 0.3) is 11.8 Å². The van der Waals surface area contributed by atoms with Crippen molar-refractivity contribution in [2.75, 3.05) is 51.3 Å². The lowest BCUT2D eigenvalue weighted by atomic mass is 9.92. The summed E-state index contributed by atoms with van der Waals surface area (Å²) in [7, 11) is 0. The molecule has 0 radical (unpaired) electrons. The molecule has 4 fully saturated rings. The molecule has 0 bridgehead atoms. The molecule has 242 valence electrons. The number of carbonyl (C=O) groups excluding carboxylic acids is 2. The topological polar surface area (TPSA) is 95.2 Å². The molecule has 2 aromatic rings. The summed E-state index contributed by atoms with van der Waals surface area (Å²) in [4.78, 5) is 36.0. The number of aryl methyl sites for hydroxylation is 1. The normalized spacial score (nSPS) is 21.2. The highest BCUT2D eigenvalue weighted by atomic mass is 32.2. The van der Waals surface area contributed by atoms with E-state index in [9.17, 15) is 18.4 Å². The Labute approximate surface area is 261 Å². The zero-order chi connectivity index (χ0) is 31.1. The Morgan fingerprint density at radius 2 is 1.52 bits per heavy atom. The zero-order valence-electron chi connectivity index (χ0n) is 25.9. The van der Waals surface area contributed by atoms with E-state index < -0.39 is 18.2 Å². The Kier molecular flexibility index (Phi) is 8.44. The van der Waals surface area contributed by atoms with Crippen molar-refractivity contribution in [3.8, 4) is 0 Å². The summed E-state index contributed by atoms with van der Waals surface area (Å²) >= 11 is -1.33. The third-order valence-corrected chi connectivity index (χ3v) is 10.3. The predicted octanol–water partition coefficient (Wildman–Crippen LogP) is 6.23. The third kappa shape index (κ3) is 7.40. The molecule has 2 saturated heterocycles. The summed E-state index contributed by atoms with van der Waals surface area (Å²) in [5.41, 5.74) is 5.02. The Morgan fingerprint density at radius 1 is 0.841 bits per heavy atom. The fourth-order valence-corrected chi connectivity index (χ4v) is 7.07. The number of nitrogens with zero attached hydrogens (tertiary/aromatic N) is 2. The molecule has 4 aliphatic rings. The van der Waals surface area contributed by atoms with Crippen LogP contribution < -0.4 is 25.2 Å². The number of benzene rings is 2. The molecular weight excluding hydrogens is 588 g/mol. The fourth-order valence-electron chi connectivity index (χ4n) is 6.22. The monoisotopic (exact) mass is 633 g/mol. The van der Waals surface area contributed by atoms with Crippen molar-refractivity contribution in [2.24, 2.45) is 5.41 Å². The van der Waals surface area contributed by atoms with Gasteiger partial charge in [0.05, 0.1) is 22.6 Å². The standard InChI is InChI=1S/C32H45F2N5O4S/c1-21-16-23(18-24(17-21)38-14-10-32(33,34)11-15-38)36-29(41)25-19-26(35-22(2)40)27(37-44-43-42-30(3)4-5-30)20-28(25)39-12-8-31(6-7-31)9-13-39/h16-20,37H,4-15H2,1-3H3,44H4,(H,35,40)(H,36,41). The first-order valence-corrected chi connectivity index (χ1v) is 17.0. The van der Waals surface area contributed by atoms with E-state index in [4.69, 9.17) is 9.22 Å². The molecular formula is C32H45F2N5O4S. The molecule has 2 heterocycles. The number of rotatable bonds is 10. The molecule has 9 nitrogen and oxygen atoms in total. The molecule has 2 aliphatic heterocycles. The summed E-state index contributed by atoms with van der Waals surface area (Å²) in [5.74, 6) is -3.18. The van der Waals surface area contributed by atoms with Gasteiger partial charge in [0.2, 0.25) is 5.91 Å². The Balaban J connectivity index is 1.26. The minimum Gasteiger partial charge on any atom is -0.371 e. The van der Waals surface area contributed by atoms with Crippen molar-refractivity contribution in [1.29, 1.82) is 0 Å². The van der Waals surface area contributed by atoms with Crippen LogP contribution >= 0.6 is 12.2 Å². The molecule has 1 spiro atoms. The highest BCUT2D eigenvalue weighted by Gasteiger charge is 2.45. The maximum absolute atomic E-state index is 14.0. The van der Waals surface area contributed by atoms with Crippen LogP contribution in [0.25, 0.3) is 0 Å². The highest BCUT2D eigenvalue weighted by Crippen LogP contribution is 2.54. The van der Waals surface area contributed by atoms with Gasteiger partial charge in [0.15, 0.2) is 0 Å². The number of anilines is 5. The summed E-state index contributed by atoms with van der Waals surface area (Å²) < 4.78 is 36.5. The third-order valence-electron chi connectivity index (χ3n) is 9.53. The molecule has 3 N–H and O–H groups in total. The van der Waals surface area contributed by atoms with Gasteiger partial charge >= 0.3 is 0 Å². The van der Waals surface area contributed by atoms with Crippen LogP contribution in [0.3, 0.4) is 0 Å². The summed E-state index contributed by atoms with van der Waals surface area (Å²) in [6.45, 7) is 7.60. The van der Waals surface area contributed by atoms with Crippen LogP contribution in [0.5, 0.6) is 0 Å². The lowest BCUT2D eigenvalue weighted by Crippen LogP contribution is -2.39. The Bertz CT molecular complexity index is 1410. The molecule has 2 aliphatic carbocycles. The van der Waals surface area contributed by atoms with Crippen molar-refractivity contribution in [1.82, 2.24) is 0 Å². The first-order chi connectivity index (χ1) is 20.9. The number of hydrogen-bond acceptors (Lipinski definition) is 7. The van der Waals surface area contributed by atoms with Gasteiger partial charge < -0.3 is 25.2 Å². The molecule has 12 heteroatoms. The second-order valence-electron chi connectivity index (χ2n) is 13.4. The average Bonchev–Trinajstić information content (AvgIpc) is 3.90. The van der Waals surface area contributed by atoms with Crippen molar-refractivity contribution >= 4 is 52.5 Å². The number of halogens is 2. The number of amides is 2. The molecule has 2 aromatic carbocycles. The molecule has 0 unspecified atom stereocenters. The minimum absolute atomic E-state index is 0.186. The van der Waals surface area contributed by atoms with Gasteiger partial charge in [-0.2, -0.15) is 16.6 Å². The van der Waals surface area contributed by atoms with Crippen LogP contribution in [0.15, 0.2) is 30.3 Å². The van der Waals surface area contributed by atoms with Gasteiger partial charge in [-0.25, -0.2) is 13.7 Å². The van der Waals surface area contributed by atoms with Crippen LogP contribution in [0.2, 0.25) is 0 Å². The van der Waals surface area contributed by atoms with Crippen LogP contribution in [0.1, 0.15) is 81.1 Å². The predicted molar refractivity (Wildman–Crippen MR) is 176 cm³/mol. The second kappa shape index (κ2) is 12.0. The van der Waals surface area contributed by atoms with Gasteiger partial charge in [-0.05, 0) is 93.7 Å². The Hall–Kier alpha value is -3.09. The summed E-state index contributed by atoms with van der Waals surface area (Å²) in [6, 6.07) is 9.36. The molecule has 44 heavy (non-hydrogen) atoms. The molecule has 0 atom stereocenters. The number of alkyl halides is 2. The number of piperidine rings is 2. The van der Waals surface area contributed by atoms with Gasteiger partial charge in [-0.1, -0.05) is 0 Å². The number of carbonyl (C=O) groups is 2. The molecule has 6 rings (SSSR count). The maximum atomic E-state index is 14.0. The van der Waals surface area contributed by atoms with E-state index in [-0.39, 0.29) is 43.3 Å². The van der Waals surface area contributed by atoms with Gasteiger partial charge in [-0.3, -0.25) is 9.59 Å². The van der Waals surface area contributed by atoms with Gasteiger partial charge in [-0.15, -0.1) is 0 Å². The Morgan fingerprint density at radius 3 is 2.16 bits per heavy atom. The molecule has 2 amide bonds. The van der Waals surface area contributed by atoms with E-state index >= 15 is 0 Å². The number of hydrogen-bond donors (Lipinski definition) is 3. The zero-order valence-corrected chi connectivity index (χ0v) is 27.3. The van der Waals surface area contributed by atoms with Crippen molar-refractivity contribution in [3.63, 3.8) is 0 Å². The lowest BCUT2D eigenvalue weighted by molar-refractivity contribution is -0.238. The average molecular weight is 634 g/mol. The second-order valence-corrected chi connectivity index (χ2v) is 14.3. The van der Waals surface area contributed by atoms with Crippen LogP contribution in [0.4, 0.5) is 37.2 Å². The summed E-state index contributed by atoms with van der Waals surface area (Å²) in [6.07, 6.45) is 6.29. The minimum atomic E-state index is -2.63. The maximum Gasteiger partial charge on any atom is 0.257 e. The van der Waals surface area contributed by atoms with E-state index in [0.29, 0.717) is 28.0 Å². The molecule has 2 saturated carbocycles. The summed E-state index contributed by atoms with van der Waals surface area (Å²) in [5, 5.41) is 5.95. The van der Waals surface area contributed by atoms with Crippen LogP contribution in [-0.4, -0.2) is 49.5 Å². The van der Waals surface area contributed by atoms with E-state index in [2.05, 4.69) is 20.3 Å². The SMILES string of the molecule is CC(=O)Nc1cc(C(=O)Nc2cc(C)cc(N3CCC(F)(F)CC3)c2)c(N2CCC3(CC2)CC3)cc1N[SH4]OOC1(C)CC1. The first kappa shape index (κ1) is 30.9. The number of nitrogens with one attached hydrogen (secondary N) is 3. The van der Waals surface area contributed by atoms with Gasteiger partial charge in [0.1, 0.15) is 5.60 Å². The van der Waals surface area contributed by atoms with Crippen molar-refractivity contribution < 1.29 is 27.6 Å². The quantitative estimate of drug-likeness (QED) is 0.162. The lowest BCUT2D eigenvalue weighted by Gasteiger charge is -2.35. The smallest absolute Gasteiger partial charge is 0.257 e. The van der Waals surface area contributed by atoms with E-state index in [1.807, 2.05) is 43.0 Å². The van der Waals surface area contributed by atoms with Crippen LogP contribution in [0, 0.1) is 12.3 Å². The van der Waals surface area contributed by atoms with Crippen LogP contribution in [-0.2, 0) is 14.0 Å². The van der Waals surface area contributed by atoms with Crippen molar-refractivity contribution in [3.05, 3.63) is 41.5 Å². The fraction of sp³-hybridized carbons (Fsp3) is 0.562.